The van der Waals surface area contributed by atoms with Crippen molar-refractivity contribution in [3.63, 3.8) is 0 Å². The maximum atomic E-state index is 5.62. The molecule has 0 spiro atoms. The molecule has 0 aromatic carbocycles. The van der Waals surface area contributed by atoms with Gasteiger partial charge in [0.25, 0.3) is 0 Å². The van der Waals surface area contributed by atoms with E-state index in [1.807, 2.05) is 6.26 Å². The van der Waals surface area contributed by atoms with Gasteiger partial charge in [-0.05, 0) is 31.3 Å². The zero-order valence-electron chi connectivity index (χ0n) is 8.37. The average Bonchev–Trinajstić information content (AvgIpc) is 2.74. The second-order valence-corrected chi connectivity index (χ2v) is 3.86. The average molecular weight is 198 g/mol. The highest BCUT2D eigenvalue weighted by Gasteiger charge is 2.28. The molecule has 2 aliphatic heterocycles. The summed E-state index contributed by atoms with van der Waals surface area (Å²) in [5.41, 5.74) is 4.08. The molecule has 2 aliphatic rings. The molecule has 0 saturated carbocycles. The summed E-state index contributed by atoms with van der Waals surface area (Å²) < 4.78 is 10.9. The Morgan fingerprint density at radius 3 is 2.93 bits per heavy atom. The summed E-state index contributed by atoms with van der Waals surface area (Å²) in [5.74, 6) is 5.56. The molecular weight excluding hydrogens is 180 g/mol. The van der Waals surface area contributed by atoms with E-state index in [-0.39, 0.29) is 12.1 Å². The highest BCUT2D eigenvalue weighted by molar-refractivity contribution is 5.12. The normalized spacial score (nSPS) is 29.5. The van der Waals surface area contributed by atoms with Gasteiger partial charge in [0.1, 0.15) is 0 Å². The lowest BCUT2D eigenvalue weighted by Gasteiger charge is -2.26. The van der Waals surface area contributed by atoms with Gasteiger partial charge in [-0.15, -0.1) is 0 Å². The minimum atomic E-state index is 0.137. The second-order valence-electron chi connectivity index (χ2n) is 3.86. The molecule has 2 atom stereocenters. The molecule has 3 N–H and O–H groups in total. The Labute approximate surface area is 84.4 Å². The zero-order chi connectivity index (χ0) is 9.80. The summed E-state index contributed by atoms with van der Waals surface area (Å²) in [6.07, 6.45) is 6.44. The molecule has 14 heavy (non-hydrogen) atoms. The van der Waals surface area contributed by atoms with E-state index < -0.39 is 0 Å². The second kappa shape index (κ2) is 4.77. The van der Waals surface area contributed by atoms with Crippen LogP contribution in [-0.4, -0.2) is 25.4 Å². The largest absolute Gasteiger partial charge is 0.501 e. The van der Waals surface area contributed by atoms with E-state index in [0.29, 0.717) is 0 Å². The first kappa shape index (κ1) is 9.96. The monoisotopic (exact) mass is 198 g/mol. The molecule has 0 aliphatic carbocycles. The summed E-state index contributed by atoms with van der Waals surface area (Å²) in [5, 5.41) is 0. The fourth-order valence-electron chi connectivity index (χ4n) is 2.13. The van der Waals surface area contributed by atoms with Gasteiger partial charge in [0.15, 0.2) is 0 Å². The van der Waals surface area contributed by atoms with E-state index in [2.05, 4.69) is 5.43 Å². The maximum Gasteiger partial charge on any atom is 0.0876 e. The Morgan fingerprint density at radius 2 is 2.36 bits per heavy atom. The molecule has 2 heterocycles. The number of rotatable bonds is 3. The molecule has 0 radical (unpaired) electrons. The Bertz CT molecular complexity index is 212. The van der Waals surface area contributed by atoms with E-state index >= 15 is 0 Å². The molecule has 0 aromatic heterocycles. The molecule has 80 valence electrons. The SMILES string of the molecule is NNC(C1=COCCC1)C1CCCO1. The van der Waals surface area contributed by atoms with Crippen molar-refractivity contribution in [2.75, 3.05) is 13.2 Å². The van der Waals surface area contributed by atoms with Gasteiger partial charge in [-0.1, -0.05) is 0 Å². The summed E-state index contributed by atoms with van der Waals surface area (Å²) in [6, 6.07) is 0.137. The van der Waals surface area contributed by atoms with Gasteiger partial charge < -0.3 is 9.47 Å². The lowest BCUT2D eigenvalue weighted by molar-refractivity contribution is 0.0837. The smallest absolute Gasteiger partial charge is 0.0876 e. The number of hydrogen-bond acceptors (Lipinski definition) is 4. The van der Waals surface area contributed by atoms with Crippen molar-refractivity contribution < 1.29 is 9.47 Å². The molecule has 4 nitrogen and oxygen atoms in total. The quantitative estimate of drug-likeness (QED) is 0.517. The number of hydrazine groups is 1. The van der Waals surface area contributed by atoms with Crippen LogP contribution in [0.4, 0.5) is 0 Å². The highest BCUT2D eigenvalue weighted by atomic mass is 16.5. The first-order chi connectivity index (χ1) is 6.92. The van der Waals surface area contributed by atoms with Crippen LogP contribution in [0, 0.1) is 0 Å². The van der Waals surface area contributed by atoms with Crippen LogP contribution in [0.3, 0.4) is 0 Å². The molecule has 0 amide bonds. The summed E-state index contributed by atoms with van der Waals surface area (Å²) in [7, 11) is 0. The summed E-state index contributed by atoms with van der Waals surface area (Å²) in [4.78, 5) is 0. The van der Waals surface area contributed by atoms with Crippen LogP contribution >= 0.6 is 0 Å². The number of ether oxygens (including phenoxy) is 2. The van der Waals surface area contributed by atoms with Crippen molar-refractivity contribution in [1.29, 1.82) is 0 Å². The van der Waals surface area contributed by atoms with Gasteiger partial charge in [0.2, 0.25) is 0 Å². The van der Waals surface area contributed by atoms with E-state index in [1.165, 1.54) is 5.57 Å². The lowest BCUT2D eigenvalue weighted by atomic mass is 9.96. The lowest BCUT2D eigenvalue weighted by Crippen LogP contribution is -2.45. The molecule has 0 aromatic rings. The first-order valence-corrected chi connectivity index (χ1v) is 5.30. The number of nitrogens with one attached hydrogen (secondary N) is 1. The molecule has 2 rings (SSSR count). The van der Waals surface area contributed by atoms with Gasteiger partial charge in [-0.25, -0.2) is 0 Å². The molecular formula is C10H18N2O2. The summed E-state index contributed by atoms with van der Waals surface area (Å²) >= 11 is 0. The van der Waals surface area contributed by atoms with E-state index in [4.69, 9.17) is 15.3 Å². The third-order valence-electron chi connectivity index (χ3n) is 2.88. The van der Waals surface area contributed by atoms with Crippen molar-refractivity contribution in [1.82, 2.24) is 5.43 Å². The van der Waals surface area contributed by atoms with Gasteiger partial charge in [0.05, 0.1) is 25.0 Å². The molecule has 4 heteroatoms. The highest BCUT2D eigenvalue weighted by Crippen LogP contribution is 2.24. The third-order valence-corrected chi connectivity index (χ3v) is 2.88. The Balaban J connectivity index is 1.99. The van der Waals surface area contributed by atoms with Crippen LogP contribution in [0.5, 0.6) is 0 Å². The molecule has 1 saturated heterocycles. The topological polar surface area (TPSA) is 56.5 Å². The third kappa shape index (κ3) is 2.08. The fraction of sp³-hybridized carbons (Fsp3) is 0.800. The minimum absolute atomic E-state index is 0.137. The van der Waals surface area contributed by atoms with Crippen molar-refractivity contribution in [2.45, 2.75) is 37.8 Å². The summed E-state index contributed by atoms with van der Waals surface area (Å²) in [6.45, 7) is 1.68. The van der Waals surface area contributed by atoms with Gasteiger partial charge in [-0.3, -0.25) is 11.3 Å². The predicted molar refractivity (Wildman–Crippen MR) is 53.4 cm³/mol. The van der Waals surface area contributed by atoms with E-state index in [0.717, 1.165) is 38.9 Å². The van der Waals surface area contributed by atoms with Crippen LogP contribution < -0.4 is 11.3 Å². The Hall–Kier alpha value is -0.580. The van der Waals surface area contributed by atoms with Crippen LogP contribution in [-0.2, 0) is 9.47 Å². The predicted octanol–water partition coefficient (Wildman–Crippen LogP) is 0.692. The molecule has 0 bridgehead atoms. The number of nitrogens with two attached hydrogens (primary N) is 1. The molecule has 1 fully saturated rings. The zero-order valence-corrected chi connectivity index (χ0v) is 8.37. The maximum absolute atomic E-state index is 5.62. The standard InChI is InChI=1S/C10H18N2O2/c11-12-10(9-4-2-6-14-9)8-3-1-5-13-7-8/h7,9-10,12H,1-6,11H2. The van der Waals surface area contributed by atoms with Crippen LogP contribution in [0.1, 0.15) is 25.7 Å². The van der Waals surface area contributed by atoms with Gasteiger partial charge >= 0.3 is 0 Å². The van der Waals surface area contributed by atoms with Crippen molar-refractivity contribution >= 4 is 0 Å². The fourth-order valence-corrected chi connectivity index (χ4v) is 2.13. The Morgan fingerprint density at radius 1 is 1.43 bits per heavy atom. The van der Waals surface area contributed by atoms with E-state index in [9.17, 15) is 0 Å². The van der Waals surface area contributed by atoms with E-state index in [1.54, 1.807) is 0 Å². The van der Waals surface area contributed by atoms with Crippen LogP contribution in [0.15, 0.2) is 11.8 Å². The Kier molecular flexibility index (Phi) is 3.39. The van der Waals surface area contributed by atoms with Crippen molar-refractivity contribution in [2.24, 2.45) is 5.84 Å². The first-order valence-electron chi connectivity index (χ1n) is 5.30. The minimum Gasteiger partial charge on any atom is -0.501 e. The van der Waals surface area contributed by atoms with Crippen LogP contribution in [0.2, 0.25) is 0 Å². The van der Waals surface area contributed by atoms with Gasteiger partial charge in [-0.2, -0.15) is 0 Å². The van der Waals surface area contributed by atoms with Crippen molar-refractivity contribution in [3.8, 4) is 0 Å². The van der Waals surface area contributed by atoms with Gasteiger partial charge in [0, 0.05) is 6.61 Å². The number of hydrogen-bond donors (Lipinski definition) is 2. The van der Waals surface area contributed by atoms with Crippen molar-refractivity contribution in [3.05, 3.63) is 11.8 Å². The molecule has 2 unspecified atom stereocenters. The van der Waals surface area contributed by atoms with Crippen LogP contribution in [0.25, 0.3) is 0 Å².